The van der Waals surface area contributed by atoms with E-state index in [-0.39, 0.29) is 0 Å². The van der Waals surface area contributed by atoms with Crippen LogP contribution in [0.2, 0.25) is 0 Å². The minimum absolute atomic E-state index is 0.939. The van der Waals surface area contributed by atoms with Crippen LogP contribution in [0.25, 0.3) is 79.9 Å². The summed E-state index contributed by atoms with van der Waals surface area (Å²) in [5.41, 5.74) is 11.2. The number of imidazole rings is 1. The zero-order valence-electron chi connectivity index (χ0n) is 22.8. The molecule has 0 unspecified atom stereocenters. The highest BCUT2D eigenvalue weighted by atomic mass is 32.1. The lowest BCUT2D eigenvalue weighted by Crippen LogP contribution is -1.89. The van der Waals surface area contributed by atoms with Gasteiger partial charge in [-0.25, -0.2) is 4.98 Å². The van der Waals surface area contributed by atoms with Gasteiger partial charge in [0.15, 0.2) is 0 Å². The molecule has 0 spiro atoms. The standard InChI is InChI=1S/C37H22N4S2/c1-3-9-23(10-4-1)30-21-24(15-16-27(30)28-18-20-38-32-29-13-7-8-14-31(29)42-36(28)32)26-17-19-39-33-34-37(43-35(26)33)41(22-40-34)25-11-5-2-6-12-25/h1-22H. The summed E-state index contributed by atoms with van der Waals surface area (Å²) in [5.74, 6) is 0. The second-order valence-corrected chi connectivity index (χ2v) is 12.6. The van der Waals surface area contributed by atoms with Gasteiger partial charge in [-0.05, 0) is 58.7 Å². The van der Waals surface area contributed by atoms with Crippen LogP contribution in [0.3, 0.4) is 0 Å². The average molecular weight is 587 g/mol. The summed E-state index contributed by atoms with van der Waals surface area (Å²) in [5, 5.41) is 1.21. The van der Waals surface area contributed by atoms with Crippen molar-refractivity contribution < 1.29 is 0 Å². The Balaban J connectivity index is 1.27. The van der Waals surface area contributed by atoms with Gasteiger partial charge in [0.25, 0.3) is 0 Å². The molecule has 0 saturated heterocycles. The van der Waals surface area contributed by atoms with E-state index >= 15 is 0 Å². The highest BCUT2D eigenvalue weighted by Crippen LogP contribution is 2.44. The van der Waals surface area contributed by atoms with Crippen LogP contribution in [-0.4, -0.2) is 19.5 Å². The van der Waals surface area contributed by atoms with Crippen molar-refractivity contribution in [3.63, 3.8) is 0 Å². The topological polar surface area (TPSA) is 43.6 Å². The summed E-state index contributed by atoms with van der Waals surface area (Å²) in [7, 11) is 0. The van der Waals surface area contributed by atoms with Gasteiger partial charge in [-0.2, -0.15) is 0 Å². The van der Waals surface area contributed by atoms with Gasteiger partial charge in [-0.3, -0.25) is 14.5 Å². The molecule has 5 aromatic heterocycles. The van der Waals surface area contributed by atoms with Crippen molar-refractivity contribution in [2.24, 2.45) is 0 Å². The number of nitrogens with zero attached hydrogens (tertiary/aromatic N) is 4. The van der Waals surface area contributed by atoms with E-state index in [4.69, 9.17) is 15.0 Å². The second-order valence-electron chi connectivity index (χ2n) is 10.5. The largest absolute Gasteiger partial charge is 0.290 e. The fourth-order valence-electron chi connectivity index (χ4n) is 6.03. The maximum Gasteiger partial charge on any atom is 0.130 e. The highest BCUT2D eigenvalue weighted by molar-refractivity contribution is 7.26. The Morgan fingerprint density at radius 3 is 2.07 bits per heavy atom. The predicted octanol–water partition coefficient (Wildman–Crippen LogP) is 10.4. The van der Waals surface area contributed by atoms with Gasteiger partial charge in [-0.1, -0.05) is 78.9 Å². The maximum absolute atomic E-state index is 4.80. The van der Waals surface area contributed by atoms with Gasteiger partial charge in [-0.15, -0.1) is 22.7 Å². The average Bonchev–Trinajstić information content (AvgIpc) is 3.77. The summed E-state index contributed by atoms with van der Waals surface area (Å²) >= 11 is 3.56. The van der Waals surface area contributed by atoms with Gasteiger partial charge in [0.1, 0.15) is 22.2 Å². The van der Waals surface area contributed by atoms with E-state index in [9.17, 15) is 0 Å². The third-order valence-corrected chi connectivity index (χ3v) is 10.4. The normalized spacial score (nSPS) is 11.7. The fraction of sp³-hybridized carbons (Fsp3) is 0. The molecule has 0 radical (unpaired) electrons. The number of thiophene rings is 2. The Hall–Kier alpha value is -5.17. The van der Waals surface area contributed by atoms with E-state index in [1.807, 2.05) is 36.1 Å². The van der Waals surface area contributed by atoms with Gasteiger partial charge in [0, 0.05) is 39.3 Å². The first-order valence-electron chi connectivity index (χ1n) is 14.1. The molecule has 4 aromatic carbocycles. The lowest BCUT2D eigenvalue weighted by Gasteiger charge is -2.14. The second kappa shape index (κ2) is 9.70. The molecule has 6 heteroatoms. The van der Waals surface area contributed by atoms with Crippen LogP contribution in [0.1, 0.15) is 0 Å². The number of aromatic nitrogens is 4. The molecule has 5 heterocycles. The van der Waals surface area contributed by atoms with Gasteiger partial charge < -0.3 is 0 Å². The molecule has 0 bridgehead atoms. The first kappa shape index (κ1) is 24.4. The van der Waals surface area contributed by atoms with E-state index in [1.165, 1.54) is 37.0 Å². The lowest BCUT2D eigenvalue weighted by atomic mass is 9.91. The molecule has 9 rings (SSSR count). The van der Waals surface area contributed by atoms with E-state index < -0.39 is 0 Å². The van der Waals surface area contributed by atoms with Crippen molar-refractivity contribution in [1.29, 1.82) is 0 Å². The highest BCUT2D eigenvalue weighted by Gasteiger charge is 2.19. The number of rotatable bonds is 4. The molecular weight excluding hydrogens is 565 g/mol. The quantitative estimate of drug-likeness (QED) is 0.206. The van der Waals surface area contributed by atoms with E-state index in [0.717, 1.165) is 42.9 Å². The van der Waals surface area contributed by atoms with Crippen LogP contribution < -0.4 is 0 Å². The Bertz CT molecular complexity index is 2450. The molecule has 4 nitrogen and oxygen atoms in total. The van der Waals surface area contributed by atoms with Gasteiger partial charge >= 0.3 is 0 Å². The van der Waals surface area contributed by atoms with Crippen LogP contribution in [0.4, 0.5) is 0 Å². The third kappa shape index (κ3) is 3.84. The minimum atomic E-state index is 0.939. The number of fused-ring (bicyclic) bond motifs is 6. The molecule has 43 heavy (non-hydrogen) atoms. The summed E-state index contributed by atoms with van der Waals surface area (Å²) in [6, 6.07) is 40.7. The molecule has 0 saturated carbocycles. The van der Waals surface area contributed by atoms with Crippen LogP contribution in [0, 0.1) is 0 Å². The molecule has 0 atom stereocenters. The van der Waals surface area contributed by atoms with Crippen LogP contribution in [0.5, 0.6) is 0 Å². The minimum Gasteiger partial charge on any atom is -0.290 e. The molecule has 0 aliphatic rings. The number of para-hydroxylation sites is 1. The zero-order valence-corrected chi connectivity index (χ0v) is 24.4. The molecule has 0 N–H and O–H groups in total. The number of hydrogen-bond acceptors (Lipinski definition) is 5. The molecule has 0 fully saturated rings. The number of pyridine rings is 2. The molecule has 0 aliphatic heterocycles. The monoisotopic (exact) mass is 586 g/mol. The Morgan fingerprint density at radius 2 is 1.21 bits per heavy atom. The first-order valence-corrected chi connectivity index (χ1v) is 15.7. The predicted molar refractivity (Wildman–Crippen MR) is 181 cm³/mol. The summed E-state index contributed by atoms with van der Waals surface area (Å²) < 4.78 is 5.78. The van der Waals surface area contributed by atoms with Crippen molar-refractivity contribution in [3.05, 3.63) is 134 Å². The van der Waals surface area contributed by atoms with Gasteiger partial charge in [0.05, 0.1) is 14.9 Å². The number of hydrogen-bond donors (Lipinski definition) is 0. The Kier molecular flexibility index (Phi) is 5.51. The van der Waals surface area contributed by atoms with Crippen LogP contribution in [0.15, 0.2) is 134 Å². The third-order valence-electron chi connectivity index (χ3n) is 8.05. The molecule has 9 aromatic rings. The van der Waals surface area contributed by atoms with E-state index in [2.05, 4.69) is 114 Å². The van der Waals surface area contributed by atoms with Crippen molar-refractivity contribution in [2.45, 2.75) is 0 Å². The first-order chi connectivity index (χ1) is 21.3. The number of benzene rings is 4. The molecule has 0 aliphatic carbocycles. The van der Waals surface area contributed by atoms with Crippen LogP contribution in [-0.2, 0) is 0 Å². The summed E-state index contributed by atoms with van der Waals surface area (Å²) in [6.07, 6.45) is 5.75. The summed E-state index contributed by atoms with van der Waals surface area (Å²) in [6.45, 7) is 0. The van der Waals surface area contributed by atoms with Crippen molar-refractivity contribution in [3.8, 4) is 39.1 Å². The van der Waals surface area contributed by atoms with E-state index in [1.54, 1.807) is 11.3 Å². The maximum atomic E-state index is 4.80. The van der Waals surface area contributed by atoms with Crippen LogP contribution >= 0.6 is 22.7 Å². The molecule has 0 amide bonds. The zero-order chi connectivity index (χ0) is 28.3. The van der Waals surface area contributed by atoms with Gasteiger partial charge in [0.2, 0.25) is 0 Å². The smallest absolute Gasteiger partial charge is 0.130 e. The van der Waals surface area contributed by atoms with Crippen molar-refractivity contribution in [2.75, 3.05) is 0 Å². The fourth-order valence-corrected chi connectivity index (χ4v) is 8.45. The molecule has 202 valence electrons. The van der Waals surface area contributed by atoms with Crippen molar-refractivity contribution >= 4 is 63.5 Å². The lowest BCUT2D eigenvalue weighted by molar-refractivity contribution is 1.10. The Labute approximate surface area is 255 Å². The molecular formula is C37H22N4S2. The summed E-state index contributed by atoms with van der Waals surface area (Å²) in [4.78, 5) is 15.5. The Morgan fingerprint density at radius 1 is 0.488 bits per heavy atom. The van der Waals surface area contributed by atoms with E-state index in [0.29, 0.717) is 0 Å². The van der Waals surface area contributed by atoms with Crippen molar-refractivity contribution in [1.82, 2.24) is 19.5 Å². The SMILES string of the molecule is c1ccc(-c2cc(-c3ccnc4c3sc3c4ncn3-c3ccccc3)ccc2-c2ccnc3c2sc2ccccc23)cc1.